The number of nitrogens with zero attached hydrogens (tertiary/aromatic N) is 1. The number of benzene rings is 1. The Morgan fingerprint density at radius 3 is 2.37 bits per heavy atom. The Hall–Kier alpha value is -2.11. The van der Waals surface area contributed by atoms with Crippen LogP contribution in [0.5, 0.6) is 0 Å². The van der Waals surface area contributed by atoms with Crippen molar-refractivity contribution in [2.45, 2.75) is 25.3 Å². The van der Waals surface area contributed by atoms with Crippen molar-refractivity contribution in [1.29, 1.82) is 0 Å². The van der Waals surface area contributed by atoms with E-state index >= 15 is 0 Å². The summed E-state index contributed by atoms with van der Waals surface area (Å²) in [6.45, 7) is 1.16. The van der Waals surface area contributed by atoms with Crippen LogP contribution in [0.3, 0.4) is 0 Å². The van der Waals surface area contributed by atoms with E-state index in [-0.39, 0.29) is 12.0 Å². The van der Waals surface area contributed by atoms with Crippen LogP contribution in [-0.2, 0) is 9.59 Å². The predicted molar refractivity (Wildman–Crippen MR) is 61.2 cm³/mol. The van der Waals surface area contributed by atoms with Crippen LogP contribution >= 0.6 is 0 Å². The molecular formula is C13H11F2NO3. The first-order chi connectivity index (χ1) is 8.92. The van der Waals surface area contributed by atoms with Crippen molar-refractivity contribution in [3.05, 3.63) is 35.4 Å². The quantitative estimate of drug-likeness (QED) is 0.616. The Balaban J connectivity index is 2.39. The second kappa shape index (κ2) is 4.53. The van der Waals surface area contributed by atoms with Crippen LogP contribution in [0, 0.1) is 11.6 Å². The molecule has 0 heterocycles. The second-order valence-electron chi connectivity index (χ2n) is 4.48. The molecule has 100 valence electrons. The second-order valence-corrected chi connectivity index (χ2v) is 4.48. The van der Waals surface area contributed by atoms with Crippen LogP contribution in [0.25, 0.3) is 0 Å². The van der Waals surface area contributed by atoms with E-state index in [1.165, 1.54) is 0 Å². The summed E-state index contributed by atoms with van der Waals surface area (Å²) in [5.74, 6) is -3.04. The summed E-state index contributed by atoms with van der Waals surface area (Å²) in [6.07, 6.45) is 0.858. The third-order valence-corrected chi connectivity index (χ3v) is 3.23. The molecule has 0 aromatic heterocycles. The molecule has 1 aromatic carbocycles. The number of carbonyl (C=O) groups excluding carboxylic acids is 3. The van der Waals surface area contributed by atoms with Gasteiger partial charge in [0.25, 0.3) is 0 Å². The molecule has 0 aliphatic heterocycles. The van der Waals surface area contributed by atoms with Crippen molar-refractivity contribution in [2.75, 3.05) is 0 Å². The van der Waals surface area contributed by atoms with Crippen molar-refractivity contribution in [3.8, 4) is 0 Å². The Kier molecular flexibility index (Phi) is 3.18. The minimum atomic E-state index is -1.30. The number of ketones is 1. The standard InChI is InChI=1S/C13H11F2NO3/c1-8(18)16(7-17)13(4-5-13)12(19)10-3-2-9(14)6-11(10)15/h2-3,6-7H,4-5H2,1H3. The van der Waals surface area contributed by atoms with Gasteiger partial charge in [0.05, 0.1) is 5.56 Å². The van der Waals surface area contributed by atoms with Gasteiger partial charge in [-0.05, 0) is 25.0 Å². The number of halogens is 2. The Bertz CT molecular complexity index is 567. The molecule has 1 aliphatic rings. The number of amides is 2. The first kappa shape index (κ1) is 13.3. The summed E-state index contributed by atoms with van der Waals surface area (Å²) < 4.78 is 26.4. The number of imide groups is 1. The number of Topliss-reactive ketones (excluding diaryl/α,β-unsaturated/α-hetero) is 1. The highest BCUT2D eigenvalue weighted by atomic mass is 19.1. The lowest BCUT2D eigenvalue weighted by atomic mass is 10.0. The third-order valence-electron chi connectivity index (χ3n) is 3.23. The first-order valence-electron chi connectivity index (χ1n) is 5.67. The number of carbonyl (C=O) groups is 3. The van der Waals surface area contributed by atoms with Gasteiger partial charge in [-0.25, -0.2) is 8.78 Å². The first-order valence-corrected chi connectivity index (χ1v) is 5.67. The van der Waals surface area contributed by atoms with Crippen LogP contribution in [0.4, 0.5) is 8.78 Å². The maximum Gasteiger partial charge on any atom is 0.226 e. The van der Waals surface area contributed by atoms with Gasteiger partial charge in [0.15, 0.2) is 5.78 Å². The average molecular weight is 267 g/mol. The highest BCUT2D eigenvalue weighted by Gasteiger charge is 2.56. The van der Waals surface area contributed by atoms with Crippen LogP contribution in [0.15, 0.2) is 18.2 Å². The zero-order valence-electron chi connectivity index (χ0n) is 10.2. The fraction of sp³-hybridized carbons (Fsp3) is 0.308. The summed E-state index contributed by atoms with van der Waals surface area (Å²) in [6, 6.07) is 2.59. The van der Waals surface area contributed by atoms with Crippen molar-refractivity contribution >= 4 is 18.1 Å². The molecule has 0 atom stereocenters. The molecule has 0 N–H and O–H groups in total. The molecule has 1 aliphatic carbocycles. The Labute approximate surface area is 108 Å². The minimum Gasteiger partial charge on any atom is -0.291 e. The molecule has 1 fully saturated rings. The molecule has 0 bridgehead atoms. The molecule has 2 amide bonds. The Morgan fingerprint density at radius 1 is 1.32 bits per heavy atom. The topological polar surface area (TPSA) is 54.5 Å². The lowest BCUT2D eigenvalue weighted by molar-refractivity contribution is -0.138. The lowest BCUT2D eigenvalue weighted by Crippen LogP contribution is -2.45. The number of hydrogen-bond acceptors (Lipinski definition) is 3. The average Bonchev–Trinajstić information content (AvgIpc) is 3.10. The minimum absolute atomic E-state index is 0.272. The van der Waals surface area contributed by atoms with Gasteiger partial charge in [0.1, 0.15) is 17.2 Å². The van der Waals surface area contributed by atoms with Gasteiger partial charge in [-0.15, -0.1) is 0 Å². The zero-order valence-corrected chi connectivity index (χ0v) is 10.2. The summed E-state index contributed by atoms with van der Waals surface area (Å²) in [4.78, 5) is 35.3. The van der Waals surface area contributed by atoms with Crippen molar-refractivity contribution in [3.63, 3.8) is 0 Å². The van der Waals surface area contributed by atoms with Crippen LogP contribution < -0.4 is 0 Å². The molecular weight excluding hydrogens is 256 g/mol. The molecule has 6 heteroatoms. The van der Waals surface area contributed by atoms with E-state index in [1.807, 2.05) is 0 Å². The van der Waals surface area contributed by atoms with E-state index in [0.29, 0.717) is 18.9 Å². The van der Waals surface area contributed by atoms with Crippen molar-refractivity contribution in [2.24, 2.45) is 0 Å². The zero-order chi connectivity index (χ0) is 14.2. The SMILES string of the molecule is CC(=O)N(C=O)C1(C(=O)c2ccc(F)cc2F)CC1. The molecule has 4 nitrogen and oxygen atoms in total. The van der Waals surface area contributed by atoms with Gasteiger partial charge in [0, 0.05) is 13.0 Å². The summed E-state index contributed by atoms with van der Waals surface area (Å²) in [7, 11) is 0. The molecule has 1 saturated carbocycles. The maximum atomic E-state index is 13.6. The molecule has 2 rings (SSSR count). The van der Waals surface area contributed by atoms with E-state index < -0.39 is 28.9 Å². The van der Waals surface area contributed by atoms with Gasteiger partial charge >= 0.3 is 0 Å². The third kappa shape index (κ3) is 2.14. The largest absolute Gasteiger partial charge is 0.291 e. The fourth-order valence-electron chi connectivity index (χ4n) is 2.10. The lowest BCUT2D eigenvalue weighted by Gasteiger charge is -2.24. The smallest absolute Gasteiger partial charge is 0.226 e. The van der Waals surface area contributed by atoms with Gasteiger partial charge in [0.2, 0.25) is 12.3 Å². The van der Waals surface area contributed by atoms with Crippen molar-refractivity contribution in [1.82, 2.24) is 4.90 Å². The molecule has 1 aromatic rings. The summed E-state index contributed by atoms with van der Waals surface area (Å²) in [5, 5.41) is 0. The summed E-state index contributed by atoms with van der Waals surface area (Å²) >= 11 is 0. The monoisotopic (exact) mass is 267 g/mol. The van der Waals surface area contributed by atoms with E-state index in [9.17, 15) is 23.2 Å². The predicted octanol–water partition coefficient (Wildman–Crippen LogP) is 1.68. The highest BCUT2D eigenvalue weighted by molar-refractivity contribution is 6.09. The molecule has 0 saturated heterocycles. The van der Waals surface area contributed by atoms with Gasteiger partial charge in [-0.3, -0.25) is 19.3 Å². The van der Waals surface area contributed by atoms with Gasteiger partial charge in [-0.2, -0.15) is 0 Å². The molecule has 0 spiro atoms. The van der Waals surface area contributed by atoms with E-state index in [4.69, 9.17) is 0 Å². The van der Waals surface area contributed by atoms with Gasteiger partial charge < -0.3 is 0 Å². The summed E-state index contributed by atoms with van der Waals surface area (Å²) in [5.41, 5.74) is -1.61. The van der Waals surface area contributed by atoms with Crippen LogP contribution in [0.2, 0.25) is 0 Å². The molecule has 0 unspecified atom stereocenters. The molecule has 0 radical (unpaired) electrons. The Morgan fingerprint density at radius 2 is 1.95 bits per heavy atom. The fourth-order valence-corrected chi connectivity index (χ4v) is 2.10. The van der Waals surface area contributed by atoms with E-state index in [1.54, 1.807) is 0 Å². The van der Waals surface area contributed by atoms with Crippen molar-refractivity contribution < 1.29 is 23.2 Å². The maximum absolute atomic E-state index is 13.6. The highest BCUT2D eigenvalue weighted by Crippen LogP contribution is 2.44. The van der Waals surface area contributed by atoms with Crippen LogP contribution in [-0.4, -0.2) is 28.5 Å². The van der Waals surface area contributed by atoms with E-state index in [2.05, 4.69) is 0 Å². The molecule has 19 heavy (non-hydrogen) atoms. The normalized spacial score (nSPS) is 15.7. The number of rotatable bonds is 4. The van der Waals surface area contributed by atoms with Crippen LogP contribution in [0.1, 0.15) is 30.1 Å². The van der Waals surface area contributed by atoms with E-state index in [0.717, 1.165) is 24.0 Å². The number of hydrogen-bond donors (Lipinski definition) is 0. The van der Waals surface area contributed by atoms with Gasteiger partial charge in [-0.1, -0.05) is 0 Å².